The number of hydrogen-bond acceptors (Lipinski definition) is 3. The Kier molecular flexibility index (Phi) is 5.60. The lowest BCUT2D eigenvalue weighted by Gasteiger charge is -2.43. The molecule has 6 nitrogen and oxygen atoms in total. The fourth-order valence-corrected chi connectivity index (χ4v) is 2.51. The minimum atomic E-state index is -1.13. The fourth-order valence-electron chi connectivity index (χ4n) is 2.51. The van der Waals surface area contributed by atoms with Crippen LogP contribution in [0.5, 0.6) is 0 Å². The SMILES string of the molecule is CCCN(CCO)C(=O)N1CCCCC1(C)C(=O)O. The van der Waals surface area contributed by atoms with Crippen LogP contribution in [0.15, 0.2) is 0 Å². The third kappa shape index (κ3) is 3.37. The summed E-state index contributed by atoms with van der Waals surface area (Å²) < 4.78 is 0. The molecule has 0 aromatic rings. The molecule has 1 aliphatic rings. The number of aliphatic hydroxyl groups is 1. The minimum absolute atomic E-state index is 0.108. The Bertz CT molecular complexity index is 329. The van der Waals surface area contributed by atoms with Crippen LogP contribution in [0.4, 0.5) is 4.79 Å². The zero-order valence-electron chi connectivity index (χ0n) is 11.8. The summed E-state index contributed by atoms with van der Waals surface area (Å²) in [5.41, 5.74) is -1.13. The van der Waals surface area contributed by atoms with Crippen LogP contribution in [0.1, 0.15) is 39.5 Å². The van der Waals surface area contributed by atoms with Gasteiger partial charge in [-0.1, -0.05) is 6.92 Å². The van der Waals surface area contributed by atoms with E-state index in [0.717, 1.165) is 19.3 Å². The van der Waals surface area contributed by atoms with E-state index in [1.54, 1.807) is 6.92 Å². The summed E-state index contributed by atoms with van der Waals surface area (Å²) in [4.78, 5) is 26.9. The Balaban J connectivity index is 2.89. The predicted molar refractivity (Wildman–Crippen MR) is 70.9 cm³/mol. The van der Waals surface area contributed by atoms with Gasteiger partial charge >= 0.3 is 12.0 Å². The molecular formula is C13H24N2O4. The number of urea groups is 1. The second kappa shape index (κ2) is 6.75. The van der Waals surface area contributed by atoms with Crippen molar-refractivity contribution in [1.29, 1.82) is 0 Å². The first-order chi connectivity index (χ1) is 8.97. The second-order valence-corrected chi connectivity index (χ2v) is 5.18. The number of nitrogens with zero attached hydrogens (tertiary/aromatic N) is 2. The standard InChI is InChI=1S/C13H24N2O4/c1-3-7-14(9-10-16)12(19)15-8-5-4-6-13(15,2)11(17)18/h16H,3-10H2,1-2H3,(H,17,18). The minimum Gasteiger partial charge on any atom is -0.480 e. The summed E-state index contributed by atoms with van der Waals surface area (Å²) in [5, 5.41) is 18.4. The van der Waals surface area contributed by atoms with Gasteiger partial charge in [0.25, 0.3) is 0 Å². The van der Waals surface area contributed by atoms with Crippen molar-refractivity contribution in [3.8, 4) is 0 Å². The number of carbonyl (C=O) groups is 2. The van der Waals surface area contributed by atoms with E-state index in [4.69, 9.17) is 5.11 Å². The van der Waals surface area contributed by atoms with E-state index in [0.29, 0.717) is 19.5 Å². The van der Waals surface area contributed by atoms with Crippen LogP contribution in [0.3, 0.4) is 0 Å². The van der Waals surface area contributed by atoms with Gasteiger partial charge in [-0.3, -0.25) is 0 Å². The van der Waals surface area contributed by atoms with Crippen molar-refractivity contribution in [2.24, 2.45) is 0 Å². The number of hydrogen-bond donors (Lipinski definition) is 2. The quantitative estimate of drug-likeness (QED) is 0.786. The Morgan fingerprint density at radius 2 is 2.00 bits per heavy atom. The van der Waals surface area contributed by atoms with Crippen molar-refractivity contribution in [1.82, 2.24) is 9.80 Å². The Hall–Kier alpha value is -1.30. The lowest BCUT2D eigenvalue weighted by molar-refractivity contribution is -0.150. The zero-order valence-corrected chi connectivity index (χ0v) is 11.8. The Labute approximate surface area is 114 Å². The molecule has 1 saturated heterocycles. The molecule has 0 aromatic heterocycles. The van der Waals surface area contributed by atoms with Crippen LogP contribution < -0.4 is 0 Å². The summed E-state index contributed by atoms with van der Waals surface area (Å²) in [6, 6.07) is -0.277. The molecule has 0 aromatic carbocycles. The molecule has 1 rings (SSSR count). The van der Waals surface area contributed by atoms with Crippen LogP contribution in [0.25, 0.3) is 0 Å². The summed E-state index contributed by atoms with van der Waals surface area (Å²) in [6.07, 6.45) is 2.91. The maximum absolute atomic E-state index is 12.5. The molecule has 1 fully saturated rings. The normalized spacial score (nSPS) is 23.2. The van der Waals surface area contributed by atoms with Crippen molar-refractivity contribution < 1.29 is 19.8 Å². The van der Waals surface area contributed by atoms with E-state index in [-0.39, 0.29) is 19.2 Å². The van der Waals surface area contributed by atoms with E-state index in [2.05, 4.69) is 0 Å². The molecule has 1 unspecified atom stereocenters. The molecule has 1 aliphatic heterocycles. The molecular weight excluding hydrogens is 248 g/mol. The van der Waals surface area contributed by atoms with Crippen LogP contribution in [-0.2, 0) is 4.79 Å². The number of carboxylic acids is 1. The molecule has 1 atom stereocenters. The van der Waals surface area contributed by atoms with Crippen molar-refractivity contribution >= 4 is 12.0 Å². The van der Waals surface area contributed by atoms with E-state index in [1.807, 2.05) is 6.92 Å². The number of aliphatic carboxylic acids is 1. The van der Waals surface area contributed by atoms with Gasteiger partial charge < -0.3 is 20.0 Å². The summed E-state index contributed by atoms with van der Waals surface area (Å²) >= 11 is 0. The fraction of sp³-hybridized carbons (Fsp3) is 0.846. The van der Waals surface area contributed by atoms with Gasteiger partial charge in [-0.15, -0.1) is 0 Å². The van der Waals surface area contributed by atoms with Gasteiger partial charge in [0.2, 0.25) is 0 Å². The predicted octanol–water partition coefficient (Wildman–Crippen LogP) is 1.14. The van der Waals surface area contributed by atoms with Crippen LogP contribution in [-0.4, -0.2) is 63.8 Å². The van der Waals surface area contributed by atoms with Crippen molar-refractivity contribution in [3.63, 3.8) is 0 Å². The Morgan fingerprint density at radius 3 is 2.53 bits per heavy atom. The summed E-state index contributed by atoms with van der Waals surface area (Å²) in [5.74, 6) is -0.957. The van der Waals surface area contributed by atoms with Crippen LogP contribution in [0, 0.1) is 0 Å². The lowest BCUT2D eigenvalue weighted by atomic mass is 9.89. The van der Waals surface area contributed by atoms with E-state index >= 15 is 0 Å². The van der Waals surface area contributed by atoms with Gasteiger partial charge in [0.1, 0.15) is 5.54 Å². The molecule has 1 heterocycles. The van der Waals surface area contributed by atoms with E-state index in [1.165, 1.54) is 9.80 Å². The number of amides is 2. The largest absolute Gasteiger partial charge is 0.480 e. The van der Waals surface area contributed by atoms with Gasteiger partial charge in [-0.05, 0) is 32.6 Å². The van der Waals surface area contributed by atoms with Crippen LogP contribution >= 0.6 is 0 Å². The molecule has 2 N–H and O–H groups in total. The third-order valence-electron chi connectivity index (χ3n) is 3.72. The number of carboxylic acid groups (broad SMARTS) is 1. The molecule has 6 heteroatoms. The van der Waals surface area contributed by atoms with E-state index in [9.17, 15) is 14.7 Å². The first kappa shape index (κ1) is 15.8. The average molecular weight is 272 g/mol. The third-order valence-corrected chi connectivity index (χ3v) is 3.72. The average Bonchev–Trinajstić information content (AvgIpc) is 2.38. The van der Waals surface area contributed by atoms with Crippen molar-refractivity contribution in [2.45, 2.75) is 45.1 Å². The smallest absolute Gasteiger partial charge is 0.329 e. The monoisotopic (exact) mass is 272 g/mol. The summed E-state index contributed by atoms with van der Waals surface area (Å²) in [6.45, 7) is 4.70. The maximum atomic E-state index is 12.5. The molecule has 0 bridgehead atoms. The van der Waals surface area contributed by atoms with Gasteiger partial charge in [0.15, 0.2) is 0 Å². The van der Waals surface area contributed by atoms with Crippen molar-refractivity contribution in [3.05, 3.63) is 0 Å². The highest BCUT2D eigenvalue weighted by Crippen LogP contribution is 2.29. The van der Waals surface area contributed by atoms with E-state index < -0.39 is 11.5 Å². The lowest BCUT2D eigenvalue weighted by Crippen LogP contribution is -2.60. The zero-order chi connectivity index (χ0) is 14.5. The molecule has 0 saturated carbocycles. The van der Waals surface area contributed by atoms with Crippen LogP contribution in [0.2, 0.25) is 0 Å². The first-order valence-corrected chi connectivity index (χ1v) is 6.88. The molecule has 2 amide bonds. The number of carbonyl (C=O) groups excluding carboxylic acids is 1. The number of aliphatic hydroxyl groups excluding tert-OH is 1. The topological polar surface area (TPSA) is 81.1 Å². The molecule has 0 radical (unpaired) electrons. The van der Waals surface area contributed by atoms with Gasteiger partial charge in [0.05, 0.1) is 6.61 Å². The number of piperidine rings is 1. The molecule has 110 valence electrons. The molecule has 0 aliphatic carbocycles. The van der Waals surface area contributed by atoms with Crippen molar-refractivity contribution in [2.75, 3.05) is 26.2 Å². The summed E-state index contributed by atoms with van der Waals surface area (Å²) in [7, 11) is 0. The Morgan fingerprint density at radius 1 is 1.32 bits per heavy atom. The highest BCUT2D eigenvalue weighted by Gasteiger charge is 2.45. The first-order valence-electron chi connectivity index (χ1n) is 6.88. The molecule has 19 heavy (non-hydrogen) atoms. The van der Waals surface area contributed by atoms with Gasteiger partial charge in [-0.25, -0.2) is 9.59 Å². The maximum Gasteiger partial charge on any atom is 0.329 e. The molecule has 0 spiro atoms. The second-order valence-electron chi connectivity index (χ2n) is 5.18. The highest BCUT2D eigenvalue weighted by atomic mass is 16.4. The van der Waals surface area contributed by atoms with Gasteiger partial charge in [-0.2, -0.15) is 0 Å². The highest BCUT2D eigenvalue weighted by molar-refractivity contribution is 5.86. The number of rotatable bonds is 5. The number of likely N-dealkylation sites (tertiary alicyclic amines) is 1. The van der Waals surface area contributed by atoms with Gasteiger partial charge in [0, 0.05) is 19.6 Å².